The number of nitrogens with one attached hydrogen (secondary N) is 1. The van der Waals surface area contributed by atoms with Gasteiger partial charge in [0.15, 0.2) is 5.16 Å². The number of fused-ring (bicyclic) bond motifs is 1. The molecule has 0 spiro atoms. The lowest BCUT2D eigenvalue weighted by atomic mass is 10.2. The molecule has 0 aliphatic rings. The molecule has 0 aliphatic carbocycles. The van der Waals surface area contributed by atoms with Crippen LogP contribution in [0, 0.1) is 13.8 Å². The van der Waals surface area contributed by atoms with Crippen LogP contribution in [0.25, 0.3) is 10.2 Å². The first-order valence-electron chi connectivity index (χ1n) is 9.45. The maximum atomic E-state index is 13.1. The summed E-state index contributed by atoms with van der Waals surface area (Å²) in [6.45, 7) is 8.54. The van der Waals surface area contributed by atoms with E-state index in [0.717, 1.165) is 33.8 Å². The van der Waals surface area contributed by atoms with Crippen molar-refractivity contribution in [2.45, 2.75) is 57.5 Å². The summed E-state index contributed by atoms with van der Waals surface area (Å²) < 4.78 is 1.74. The molecule has 2 heterocycles. The molecule has 0 bridgehead atoms. The van der Waals surface area contributed by atoms with Crippen molar-refractivity contribution in [3.63, 3.8) is 0 Å². The second-order valence-electron chi connectivity index (χ2n) is 6.78. The van der Waals surface area contributed by atoms with E-state index in [1.54, 1.807) is 4.57 Å². The highest BCUT2D eigenvalue weighted by Gasteiger charge is 2.21. The summed E-state index contributed by atoms with van der Waals surface area (Å²) in [7, 11) is 0. The number of thioether (sulfide) groups is 1. The van der Waals surface area contributed by atoms with Gasteiger partial charge >= 0.3 is 0 Å². The topological polar surface area (TPSA) is 64.0 Å². The highest BCUT2D eigenvalue weighted by molar-refractivity contribution is 8.00. The molecule has 28 heavy (non-hydrogen) atoms. The Hall–Kier alpha value is -2.12. The summed E-state index contributed by atoms with van der Waals surface area (Å²) in [6.07, 6.45) is 1.88. The zero-order valence-electron chi connectivity index (χ0n) is 16.6. The number of para-hydroxylation sites is 1. The van der Waals surface area contributed by atoms with Crippen LogP contribution in [-0.2, 0) is 11.3 Å². The molecule has 1 N–H and O–H groups in total. The molecule has 1 amide bonds. The molecular weight excluding hydrogens is 390 g/mol. The number of amides is 1. The lowest BCUT2D eigenvalue weighted by Gasteiger charge is -2.15. The van der Waals surface area contributed by atoms with Crippen molar-refractivity contribution in [2.24, 2.45) is 0 Å². The van der Waals surface area contributed by atoms with E-state index in [1.165, 1.54) is 23.1 Å². The van der Waals surface area contributed by atoms with Crippen LogP contribution in [0.4, 0.5) is 5.69 Å². The maximum Gasteiger partial charge on any atom is 0.263 e. The summed E-state index contributed by atoms with van der Waals surface area (Å²) in [5, 5.41) is 3.87. The lowest BCUT2D eigenvalue weighted by Crippen LogP contribution is -2.27. The Morgan fingerprint density at radius 3 is 2.68 bits per heavy atom. The first-order chi connectivity index (χ1) is 13.4. The molecule has 1 atom stereocenters. The van der Waals surface area contributed by atoms with Gasteiger partial charge in [-0.25, -0.2) is 4.98 Å². The molecule has 0 radical (unpaired) electrons. The van der Waals surface area contributed by atoms with Gasteiger partial charge in [0, 0.05) is 17.1 Å². The van der Waals surface area contributed by atoms with Crippen LogP contribution in [0.15, 0.2) is 40.3 Å². The van der Waals surface area contributed by atoms with Crippen LogP contribution in [-0.4, -0.2) is 20.7 Å². The van der Waals surface area contributed by atoms with Gasteiger partial charge in [0.25, 0.3) is 5.56 Å². The van der Waals surface area contributed by atoms with Crippen molar-refractivity contribution in [1.82, 2.24) is 9.55 Å². The van der Waals surface area contributed by atoms with E-state index in [-0.39, 0.29) is 16.7 Å². The third-order valence-corrected chi connectivity index (χ3v) is 6.87. The molecule has 148 valence electrons. The molecular formula is C21H25N3O2S2. The van der Waals surface area contributed by atoms with Crippen molar-refractivity contribution < 1.29 is 4.79 Å². The molecule has 0 saturated carbocycles. The molecule has 1 unspecified atom stereocenters. The average Bonchev–Trinajstić information content (AvgIpc) is 2.96. The third kappa shape index (κ3) is 4.31. The molecule has 0 aliphatic heterocycles. The minimum absolute atomic E-state index is 0.00142. The Morgan fingerprint density at radius 1 is 1.29 bits per heavy atom. The molecule has 0 fully saturated rings. The zero-order valence-corrected chi connectivity index (χ0v) is 18.2. The minimum Gasteiger partial charge on any atom is -0.325 e. The van der Waals surface area contributed by atoms with E-state index in [1.807, 2.05) is 51.1 Å². The van der Waals surface area contributed by atoms with E-state index in [0.29, 0.717) is 17.1 Å². The van der Waals surface area contributed by atoms with E-state index < -0.39 is 0 Å². The predicted octanol–water partition coefficient (Wildman–Crippen LogP) is 4.99. The monoisotopic (exact) mass is 415 g/mol. The van der Waals surface area contributed by atoms with Gasteiger partial charge in [-0.2, -0.15) is 0 Å². The SMILES string of the molecule is CCCCn1c(SC(C)C(=O)Nc2ccccc2)nc2sc(C)c(C)c2c1=O. The smallest absolute Gasteiger partial charge is 0.263 e. The Kier molecular flexibility index (Phi) is 6.57. The standard InChI is InChI=1S/C21H25N3O2S2/c1-5-6-12-24-20(26)17-13(2)14(3)27-19(17)23-21(24)28-15(4)18(25)22-16-10-8-7-9-11-16/h7-11,15H,5-6,12H2,1-4H3,(H,22,25). The Morgan fingerprint density at radius 2 is 2.00 bits per heavy atom. The molecule has 1 aromatic carbocycles. The van der Waals surface area contributed by atoms with Gasteiger partial charge in [0.05, 0.1) is 10.6 Å². The van der Waals surface area contributed by atoms with Crippen LogP contribution in [0.5, 0.6) is 0 Å². The zero-order chi connectivity index (χ0) is 20.3. The Balaban J connectivity index is 1.92. The largest absolute Gasteiger partial charge is 0.325 e. The number of benzene rings is 1. The first-order valence-corrected chi connectivity index (χ1v) is 11.1. The number of aryl methyl sites for hydroxylation is 2. The van der Waals surface area contributed by atoms with Gasteiger partial charge < -0.3 is 5.32 Å². The molecule has 3 rings (SSSR count). The van der Waals surface area contributed by atoms with Crippen LogP contribution < -0.4 is 10.9 Å². The summed E-state index contributed by atoms with van der Waals surface area (Å²) in [4.78, 5) is 32.4. The fourth-order valence-electron chi connectivity index (χ4n) is 2.89. The van der Waals surface area contributed by atoms with Crippen molar-refractivity contribution >= 4 is 44.9 Å². The molecule has 5 nitrogen and oxygen atoms in total. The Labute approximate surface area is 173 Å². The molecule has 7 heteroatoms. The average molecular weight is 416 g/mol. The molecule has 2 aromatic heterocycles. The summed E-state index contributed by atoms with van der Waals surface area (Å²) in [6, 6.07) is 9.38. The lowest BCUT2D eigenvalue weighted by molar-refractivity contribution is -0.115. The highest BCUT2D eigenvalue weighted by Crippen LogP contribution is 2.30. The first kappa shape index (κ1) is 20.6. The van der Waals surface area contributed by atoms with E-state index in [9.17, 15) is 9.59 Å². The second-order valence-corrected chi connectivity index (χ2v) is 9.29. The van der Waals surface area contributed by atoms with Gasteiger partial charge in [-0.15, -0.1) is 11.3 Å². The number of carbonyl (C=O) groups excluding carboxylic acids is 1. The van der Waals surface area contributed by atoms with E-state index in [2.05, 4.69) is 12.2 Å². The fourth-order valence-corrected chi connectivity index (χ4v) is 4.89. The summed E-state index contributed by atoms with van der Waals surface area (Å²) in [5.41, 5.74) is 1.77. The number of unbranched alkanes of at least 4 members (excludes halogenated alkanes) is 1. The van der Waals surface area contributed by atoms with Crippen molar-refractivity contribution in [1.29, 1.82) is 0 Å². The number of hydrogen-bond acceptors (Lipinski definition) is 5. The second kappa shape index (κ2) is 8.92. The normalized spacial score (nSPS) is 12.3. The van der Waals surface area contributed by atoms with Crippen molar-refractivity contribution in [3.05, 3.63) is 51.1 Å². The number of thiophene rings is 1. The number of anilines is 1. The number of nitrogens with zero attached hydrogens (tertiary/aromatic N) is 2. The summed E-state index contributed by atoms with van der Waals surface area (Å²) >= 11 is 2.88. The number of rotatable bonds is 7. The van der Waals surface area contributed by atoms with Gasteiger partial charge in [0.1, 0.15) is 4.83 Å². The fraction of sp³-hybridized carbons (Fsp3) is 0.381. The van der Waals surface area contributed by atoms with Gasteiger partial charge in [0.2, 0.25) is 5.91 Å². The quantitative estimate of drug-likeness (QED) is 0.436. The van der Waals surface area contributed by atoms with Crippen LogP contribution in [0.2, 0.25) is 0 Å². The minimum atomic E-state index is -0.375. The van der Waals surface area contributed by atoms with Gasteiger partial charge in [-0.05, 0) is 44.9 Å². The van der Waals surface area contributed by atoms with Crippen LogP contribution >= 0.6 is 23.1 Å². The highest BCUT2D eigenvalue weighted by atomic mass is 32.2. The Bertz CT molecular complexity index is 1040. The maximum absolute atomic E-state index is 13.1. The number of carbonyl (C=O) groups is 1. The van der Waals surface area contributed by atoms with Crippen LogP contribution in [0.1, 0.15) is 37.1 Å². The predicted molar refractivity (Wildman–Crippen MR) is 119 cm³/mol. The van der Waals surface area contributed by atoms with Crippen LogP contribution in [0.3, 0.4) is 0 Å². The molecule has 3 aromatic rings. The third-order valence-electron chi connectivity index (χ3n) is 4.68. The van der Waals surface area contributed by atoms with E-state index >= 15 is 0 Å². The number of aromatic nitrogens is 2. The van der Waals surface area contributed by atoms with Gasteiger partial charge in [-0.1, -0.05) is 43.3 Å². The molecule has 0 saturated heterocycles. The van der Waals surface area contributed by atoms with Crippen molar-refractivity contribution in [3.8, 4) is 0 Å². The van der Waals surface area contributed by atoms with E-state index in [4.69, 9.17) is 4.98 Å². The number of hydrogen-bond donors (Lipinski definition) is 1. The van der Waals surface area contributed by atoms with Crippen molar-refractivity contribution in [2.75, 3.05) is 5.32 Å². The van der Waals surface area contributed by atoms with Gasteiger partial charge in [-0.3, -0.25) is 14.2 Å². The summed E-state index contributed by atoms with van der Waals surface area (Å²) in [5.74, 6) is -0.105.